The molecule has 0 aliphatic rings. The summed E-state index contributed by atoms with van der Waals surface area (Å²) in [5, 5.41) is 0. The van der Waals surface area contributed by atoms with Gasteiger partial charge in [-0.1, -0.05) is 24.3 Å². The molecular formula is C9H15ClN2O2S. The van der Waals surface area contributed by atoms with E-state index >= 15 is 0 Å². The number of sulfonamides is 1. The summed E-state index contributed by atoms with van der Waals surface area (Å²) < 4.78 is 24.8. The number of nitrogens with two attached hydrogens (primary N) is 1. The Morgan fingerprint density at radius 3 is 2.27 bits per heavy atom. The zero-order valence-corrected chi connectivity index (χ0v) is 10.1. The van der Waals surface area contributed by atoms with Crippen molar-refractivity contribution in [1.82, 2.24) is 4.72 Å². The van der Waals surface area contributed by atoms with Gasteiger partial charge in [0, 0.05) is 6.54 Å². The van der Waals surface area contributed by atoms with Crippen molar-refractivity contribution >= 4 is 22.4 Å². The molecule has 1 aromatic carbocycles. The second-order valence-corrected chi connectivity index (χ2v) is 4.86. The Bertz CT molecular complexity index is 406. The molecule has 0 atom stereocenters. The summed E-state index contributed by atoms with van der Waals surface area (Å²) in [5.74, 6) is -0.0170. The van der Waals surface area contributed by atoms with E-state index in [4.69, 9.17) is 5.73 Å². The summed E-state index contributed by atoms with van der Waals surface area (Å²) in [6.45, 7) is 0.357. The quantitative estimate of drug-likeness (QED) is 0.823. The molecule has 0 heterocycles. The normalized spacial score (nSPS) is 10.8. The van der Waals surface area contributed by atoms with Crippen molar-refractivity contribution in [2.75, 3.05) is 7.05 Å². The standard InChI is InChI=1S/C9H14N2O2S.ClH/c1-11-14(12,13)7-9-5-3-2-4-8(9)6-10;/h2-5,11H,6-7,10H2,1H3;1H. The highest BCUT2D eigenvalue weighted by molar-refractivity contribution is 7.88. The Kier molecular flexibility index (Phi) is 5.82. The van der Waals surface area contributed by atoms with E-state index in [1.54, 1.807) is 12.1 Å². The van der Waals surface area contributed by atoms with Crippen molar-refractivity contribution in [2.45, 2.75) is 12.3 Å². The fraction of sp³-hybridized carbons (Fsp3) is 0.333. The van der Waals surface area contributed by atoms with E-state index in [-0.39, 0.29) is 18.2 Å². The Morgan fingerprint density at radius 1 is 1.27 bits per heavy atom. The third kappa shape index (κ3) is 4.17. The highest BCUT2D eigenvalue weighted by Gasteiger charge is 2.10. The highest BCUT2D eigenvalue weighted by Crippen LogP contribution is 2.10. The topological polar surface area (TPSA) is 72.2 Å². The van der Waals surface area contributed by atoms with Gasteiger partial charge in [0.1, 0.15) is 0 Å². The van der Waals surface area contributed by atoms with Gasteiger partial charge in [0.25, 0.3) is 0 Å². The van der Waals surface area contributed by atoms with Gasteiger partial charge in [-0.2, -0.15) is 0 Å². The SMILES string of the molecule is CNS(=O)(=O)Cc1ccccc1CN.Cl. The van der Waals surface area contributed by atoms with Crippen LogP contribution in [0.1, 0.15) is 11.1 Å². The van der Waals surface area contributed by atoms with Crippen molar-refractivity contribution < 1.29 is 8.42 Å². The Morgan fingerprint density at radius 2 is 1.80 bits per heavy atom. The maximum atomic E-state index is 11.3. The minimum absolute atomic E-state index is 0. The predicted molar refractivity (Wildman–Crippen MR) is 63.3 cm³/mol. The summed E-state index contributed by atoms with van der Waals surface area (Å²) in [6.07, 6.45) is 0. The van der Waals surface area contributed by atoms with Gasteiger partial charge in [0.2, 0.25) is 10.0 Å². The van der Waals surface area contributed by atoms with Gasteiger partial charge in [-0.3, -0.25) is 0 Å². The van der Waals surface area contributed by atoms with Crippen LogP contribution in [-0.2, 0) is 22.3 Å². The van der Waals surface area contributed by atoms with Crippen molar-refractivity contribution in [1.29, 1.82) is 0 Å². The smallest absolute Gasteiger partial charge is 0.215 e. The molecule has 15 heavy (non-hydrogen) atoms. The first-order valence-electron chi connectivity index (χ1n) is 4.27. The second kappa shape index (κ2) is 6.07. The van der Waals surface area contributed by atoms with Crippen LogP contribution in [0.4, 0.5) is 0 Å². The molecule has 0 radical (unpaired) electrons. The molecule has 0 aromatic heterocycles. The number of hydrogen-bond acceptors (Lipinski definition) is 3. The van der Waals surface area contributed by atoms with Crippen LogP contribution in [0.3, 0.4) is 0 Å². The highest BCUT2D eigenvalue weighted by atomic mass is 35.5. The van der Waals surface area contributed by atoms with Crippen molar-refractivity contribution in [2.24, 2.45) is 5.73 Å². The minimum atomic E-state index is -3.21. The monoisotopic (exact) mass is 250 g/mol. The Balaban J connectivity index is 0.00000196. The van der Waals surface area contributed by atoms with Crippen molar-refractivity contribution in [3.63, 3.8) is 0 Å². The Hall–Kier alpha value is -0.620. The van der Waals surface area contributed by atoms with E-state index in [1.807, 2.05) is 12.1 Å². The molecule has 0 bridgehead atoms. The molecular weight excluding hydrogens is 236 g/mol. The zero-order valence-electron chi connectivity index (χ0n) is 8.43. The third-order valence-corrected chi connectivity index (χ3v) is 3.31. The molecule has 0 unspecified atom stereocenters. The van der Waals surface area contributed by atoms with Gasteiger partial charge in [-0.05, 0) is 18.2 Å². The lowest BCUT2D eigenvalue weighted by Crippen LogP contribution is -2.21. The van der Waals surface area contributed by atoms with Crippen LogP contribution in [0.2, 0.25) is 0 Å². The third-order valence-electron chi connectivity index (χ3n) is 1.99. The molecule has 6 heteroatoms. The molecule has 0 aliphatic heterocycles. The van der Waals surface area contributed by atoms with Gasteiger partial charge in [-0.15, -0.1) is 12.4 Å². The largest absolute Gasteiger partial charge is 0.326 e. The lowest BCUT2D eigenvalue weighted by Gasteiger charge is -2.07. The summed E-state index contributed by atoms with van der Waals surface area (Å²) >= 11 is 0. The summed E-state index contributed by atoms with van der Waals surface area (Å²) in [7, 11) is -1.81. The first kappa shape index (κ1) is 14.4. The number of halogens is 1. The summed E-state index contributed by atoms with van der Waals surface area (Å²) in [5.41, 5.74) is 7.12. The van der Waals surface area contributed by atoms with Crippen LogP contribution in [0, 0.1) is 0 Å². The van der Waals surface area contributed by atoms with Crippen LogP contribution < -0.4 is 10.5 Å². The molecule has 0 saturated carbocycles. The predicted octanol–water partition coefficient (Wildman–Crippen LogP) is 0.616. The first-order chi connectivity index (χ1) is 6.59. The van der Waals surface area contributed by atoms with E-state index in [9.17, 15) is 8.42 Å². The van der Waals surface area contributed by atoms with Crippen LogP contribution in [0.25, 0.3) is 0 Å². The lowest BCUT2D eigenvalue weighted by molar-refractivity contribution is 0.587. The fourth-order valence-electron chi connectivity index (χ4n) is 1.17. The molecule has 0 saturated heterocycles. The number of hydrogen-bond donors (Lipinski definition) is 2. The lowest BCUT2D eigenvalue weighted by atomic mass is 10.1. The van der Waals surface area contributed by atoms with Gasteiger partial charge < -0.3 is 5.73 Å². The van der Waals surface area contributed by atoms with Crippen molar-refractivity contribution in [3.8, 4) is 0 Å². The van der Waals surface area contributed by atoms with E-state index in [0.29, 0.717) is 6.54 Å². The number of nitrogens with one attached hydrogen (secondary N) is 1. The van der Waals surface area contributed by atoms with E-state index in [1.165, 1.54) is 7.05 Å². The molecule has 0 spiro atoms. The number of rotatable bonds is 4. The summed E-state index contributed by atoms with van der Waals surface area (Å²) in [6, 6.07) is 7.26. The maximum Gasteiger partial charge on any atom is 0.215 e. The average molecular weight is 251 g/mol. The molecule has 3 N–H and O–H groups in total. The summed E-state index contributed by atoms with van der Waals surface area (Å²) in [4.78, 5) is 0. The van der Waals surface area contributed by atoms with E-state index in [2.05, 4.69) is 4.72 Å². The molecule has 1 rings (SSSR count). The van der Waals surface area contributed by atoms with Gasteiger partial charge in [0.15, 0.2) is 0 Å². The maximum absolute atomic E-state index is 11.3. The minimum Gasteiger partial charge on any atom is -0.326 e. The fourth-order valence-corrected chi connectivity index (χ4v) is 2.01. The van der Waals surface area contributed by atoms with Crippen LogP contribution in [0.15, 0.2) is 24.3 Å². The molecule has 0 fully saturated rings. The van der Waals surface area contributed by atoms with Crippen LogP contribution in [-0.4, -0.2) is 15.5 Å². The molecule has 4 nitrogen and oxygen atoms in total. The molecule has 86 valence electrons. The van der Waals surface area contributed by atoms with Crippen LogP contribution >= 0.6 is 12.4 Å². The molecule has 0 aliphatic carbocycles. The molecule has 0 amide bonds. The Labute approximate surface area is 96.3 Å². The first-order valence-corrected chi connectivity index (χ1v) is 5.92. The van der Waals surface area contributed by atoms with Crippen LogP contribution in [0.5, 0.6) is 0 Å². The van der Waals surface area contributed by atoms with E-state index < -0.39 is 10.0 Å². The average Bonchev–Trinajstić information content (AvgIpc) is 2.18. The molecule has 1 aromatic rings. The number of benzene rings is 1. The van der Waals surface area contributed by atoms with Crippen molar-refractivity contribution in [3.05, 3.63) is 35.4 Å². The van der Waals surface area contributed by atoms with Gasteiger partial charge in [-0.25, -0.2) is 13.1 Å². The van der Waals surface area contributed by atoms with Gasteiger partial charge in [0.05, 0.1) is 5.75 Å². The second-order valence-electron chi connectivity index (χ2n) is 2.94. The zero-order chi connectivity index (χ0) is 10.6. The van der Waals surface area contributed by atoms with Gasteiger partial charge >= 0.3 is 0 Å². The van der Waals surface area contributed by atoms with E-state index in [0.717, 1.165) is 11.1 Å².